The maximum absolute atomic E-state index is 12.0. The second kappa shape index (κ2) is 6.36. The van der Waals surface area contributed by atoms with Gasteiger partial charge >= 0.3 is 0 Å². The number of carbonyl (C=O) groups is 1. The van der Waals surface area contributed by atoms with Gasteiger partial charge in [-0.05, 0) is 36.6 Å². The molecule has 0 fully saturated rings. The van der Waals surface area contributed by atoms with Crippen LogP contribution in [0.5, 0.6) is 0 Å². The molecule has 0 unspecified atom stereocenters. The van der Waals surface area contributed by atoms with Crippen LogP contribution in [0.1, 0.15) is 20.3 Å². The predicted molar refractivity (Wildman–Crippen MR) is 70.0 cm³/mol. The quantitative estimate of drug-likeness (QED) is 0.841. The molecular weight excluding hydrogens is 290 g/mol. The van der Waals surface area contributed by atoms with E-state index in [0.717, 1.165) is 0 Å². The van der Waals surface area contributed by atoms with Crippen molar-refractivity contribution in [3.8, 4) is 0 Å². The van der Waals surface area contributed by atoms with E-state index in [9.17, 15) is 18.3 Å². The van der Waals surface area contributed by atoms with Crippen LogP contribution in [0, 0.1) is 5.92 Å². The van der Waals surface area contributed by atoms with Crippen LogP contribution in [0.2, 0.25) is 5.02 Å². The van der Waals surface area contributed by atoms with E-state index in [1.807, 2.05) is 0 Å². The van der Waals surface area contributed by atoms with E-state index < -0.39 is 22.0 Å². The van der Waals surface area contributed by atoms with Crippen molar-refractivity contribution in [2.75, 3.05) is 0 Å². The summed E-state index contributed by atoms with van der Waals surface area (Å²) in [6.07, 6.45) is 0.162. The van der Waals surface area contributed by atoms with E-state index in [0.29, 0.717) is 5.02 Å². The third-order valence-corrected chi connectivity index (χ3v) is 4.15. The second-order valence-electron chi connectivity index (χ2n) is 4.58. The summed E-state index contributed by atoms with van der Waals surface area (Å²) >= 11 is 5.67. The average molecular weight is 305 g/mol. The number of benzene rings is 1. The lowest BCUT2D eigenvalue weighted by Gasteiger charge is -2.21. The van der Waals surface area contributed by atoms with Gasteiger partial charge in [0.1, 0.15) is 0 Å². The smallest absolute Gasteiger partial charge is 0.241 e. The molecule has 0 bridgehead atoms. The molecule has 0 amide bonds. The molecule has 19 heavy (non-hydrogen) atoms. The topological polar surface area (TPSA) is 86.3 Å². The SMILES string of the molecule is CC(C)C[C@H](NS(=O)(=O)c1ccc(Cl)cc1)C(=O)[O-]. The zero-order chi connectivity index (χ0) is 14.6. The van der Waals surface area contributed by atoms with Gasteiger partial charge in [0, 0.05) is 5.02 Å². The zero-order valence-electron chi connectivity index (χ0n) is 10.6. The van der Waals surface area contributed by atoms with Gasteiger partial charge in [-0.1, -0.05) is 25.4 Å². The first-order chi connectivity index (χ1) is 8.72. The molecule has 106 valence electrons. The first-order valence-corrected chi connectivity index (χ1v) is 7.57. The van der Waals surface area contributed by atoms with Crippen molar-refractivity contribution in [1.29, 1.82) is 0 Å². The lowest BCUT2D eigenvalue weighted by molar-refractivity contribution is -0.308. The van der Waals surface area contributed by atoms with Crippen LogP contribution in [-0.2, 0) is 14.8 Å². The third-order valence-electron chi connectivity index (χ3n) is 2.41. The molecule has 0 aliphatic rings. The number of halogens is 1. The normalized spacial score (nSPS) is 13.5. The molecule has 1 N–H and O–H groups in total. The molecule has 0 saturated heterocycles. The molecule has 1 aromatic rings. The van der Waals surface area contributed by atoms with Crippen molar-refractivity contribution in [3.05, 3.63) is 29.3 Å². The first-order valence-electron chi connectivity index (χ1n) is 5.71. The number of hydrogen-bond donors (Lipinski definition) is 1. The molecule has 0 aliphatic carbocycles. The van der Waals surface area contributed by atoms with Crippen LogP contribution < -0.4 is 9.83 Å². The summed E-state index contributed by atoms with van der Waals surface area (Å²) in [5.41, 5.74) is 0. The predicted octanol–water partition coefficient (Wildman–Crippen LogP) is 0.783. The van der Waals surface area contributed by atoms with Crippen molar-refractivity contribution in [3.63, 3.8) is 0 Å². The minimum atomic E-state index is -3.90. The second-order valence-corrected chi connectivity index (χ2v) is 6.73. The molecule has 0 heterocycles. The van der Waals surface area contributed by atoms with E-state index in [1.165, 1.54) is 24.3 Å². The Morgan fingerprint density at radius 1 is 1.32 bits per heavy atom. The fourth-order valence-electron chi connectivity index (χ4n) is 1.53. The highest BCUT2D eigenvalue weighted by molar-refractivity contribution is 7.89. The Labute approximate surface area is 117 Å². The number of carbonyl (C=O) groups excluding carboxylic acids is 1. The Balaban J connectivity index is 2.94. The van der Waals surface area contributed by atoms with Gasteiger partial charge in [0.2, 0.25) is 10.0 Å². The van der Waals surface area contributed by atoms with E-state index in [1.54, 1.807) is 13.8 Å². The molecule has 7 heteroatoms. The van der Waals surface area contributed by atoms with E-state index >= 15 is 0 Å². The summed E-state index contributed by atoms with van der Waals surface area (Å²) in [6.45, 7) is 3.60. The summed E-state index contributed by atoms with van der Waals surface area (Å²) < 4.78 is 26.1. The Bertz CT molecular complexity index is 539. The number of hydrogen-bond acceptors (Lipinski definition) is 4. The lowest BCUT2D eigenvalue weighted by atomic mass is 10.1. The van der Waals surface area contributed by atoms with E-state index in [4.69, 9.17) is 11.6 Å². The molecule has 1 atom stereocenters. The van der Waals surface area contributed by atoms with Gasteiger partial charge in [0.15, 0.2) is 0 Å². The maximum Gasteiger partial charge on any atom is 0.241 e. The minimum absolute atomic E-state index is 0.0239. The number of carboxylic acids is 1. The van der Waals surface area contributed by atoms with Crippen molar-refractivity contribution in [1.82, 2.24) is 4.72 Å². The van der Waals surface area contributed by atoms with Gasteiger partial charge in [0.05, 0.1) is 16.9 Å². The third kappa shape index (κ3) is 4.81. The highest BCUT2D eigenvalue weighted by Gasteiger charge is 2.21. The number of rotatable bonds is 6. The van der Waals surface area contributed by atoms with Gasteiger partial charge in [0.25, 0.3) is 0 Å². The molecule has 0 aliphatic heterocycles. The molecule has 5 nitrogen and oxygen atoms in total. The van der Waals surface area contributed by atoms with Crippen molar-refractivity contribution < 1.29 is 18.3 Å². The zero-order valence-corrected chi connectivity index (χ0v) is 12.2. The summed E-state index contributed by atoms with van der Waals surface area (Å²) in [7, 11) is -3.90. The summed E-state index contributed by atoms with van der Waals surface area (Å²) in [5.74, 6) is -1.41. The molecule has 0 radical (unpaired) electrons. The summed E-state index contributed by atoms with van der Waals surface area (Å²) in [4.78, 5) is 10.9. The number of sulfonamides is 1. The summed E-state index contributed by atoms with van der Waals surface area (Å²) in [5, 5.41) is 11.3. The molecule has 1 rings (SSSR count). The fourth-order valence-corrected chi connectivity index (χ4v) is 2.86. The standard InChI is InChI=1S/C12H16ClNO4S/c1-8(2)7-11(12(15)16)14-19(17,18)10-5-3-9(13)4-6-10/h3-6,8,11,14H,7H2,1-2H3,(H,15,16)/p-1/t11-/m0/s1. The van der Waals surface area contributed by atoms with Crippen molar-refractivity contribution in [2.45, 2.75) is 31.2 Å². The van der Waals surface area contributed by atoms with Crippen LogP contribution in [0.3, 0.4) is 0 Å². The van der Waals surface area contributed by atoms with Gasteiger partial charge < -0.3 is 9.90 Å². The maximum atomic E-state index is 12.0. The van der Waals surface area contributed by atoms with Crippen LogP contribution >= 0.6 is 11.6 Å². The highest BCUT2D eigenvalue weighted by atomic mass is 35.5. The fraction of sp³-hybridized carbons (Fsp3) is 0.417. The first kappa shape index (κ1) is 15.9. The Hall–Kier alpha value is -1.11. The van der Waals surface area contributed by atoms with E-state index in [-0.39, 0.29) is 17.2 Å². The molecule has 0 saturated carbocycles. The highest BCUT2D eigenvalue weighted by Crippen LogP contribution is 2.15. The van der Waals surface area contributed by atoms with Crippen LogP contribution in [0.25, 0.3) is 0 Å². The molecule has 0 spiro atoms. The molecule has 1 aromatic carbocycles. The number of nitrogens with one attached hydrogen (secondary N) is 1. The lowest BCUT2D eigenvalue weighted by Crippen LogP contribution is -2.48. The van der Waals surface area contributed by atoms with Gasteiger partial charge in [-0.25, -0.2) is 13.1 Å². The average Bonchev–Trinajstić information content (AvgIpc) is 2.27. The van der Waals surface area contributed by atoms with Gasteiger partial charge in [-0.15, -0.1) is 0 Å². The Morgan fingerprint density at radius 3 is 2.26 bits per heavy atom. The Morgan fingerprint density at radius 2 is 1.84 bits per heavy atom. The number of carboxylic acid groups (broad SMARTS) is 1. The minimum Gasteiger partial charge on any atom is -0.548 e. The van der Waals surface area contributed by atoms with Gasteiger partial charge in [-0.2, -0.15) is 0 Å². The van der Waals surface area contributed by atoms with Crippen LogP contribution in [0.15, 0.2) is 29.2 Å². The van der Waals surface area contributed by atoms with Gasteiger partial charge in [-0.3, -0.25) is 0 Å². The van der Waals surface area contributed by atoms with Crippen LogP contribution in [-0.4, -0.2) is 20.4 Å². The summed E-state index contributed by atoms with van der Waals surface area (Å²) in [6, 6.07) is 4.22. The Kier molecular flexibility index (Phi) is 5.34. The number of aliphatic carboxylic acids is 1. The largest absolute Gasteiger partial charge is 0.548 e. The van der Waals surface area contributed by atoms with Crippen LogP contribution in [0.4, 0.5) is 0 Å². The van der Waals surface area contributed by atoms with E-state index in [2.05, 4.69) is 4.72 Å². The van der Waals surface area contributed by atoms with Crippen molar-refractivity contribution >= 4 is 27.6 Å². The molecule has 0 aromatic heterocycles. The monoisotopic (exact) mass is 304 g/mol. The molecular formula is C12H15ClNO4S-. The van der Waals surface area contributed by atoms with Crippen molar-refractivity contribution in [2.24, 2.45) is 5.92 Å².